The third-order valence-corrected chi connectivity index (χ3v) is 2.90. The molecule has 1 amide bonds. The van der Waals surface area contributed by atoms with Gasteiger partial charge in [0.1, 0.15) is 5.75 Å². The number of benzene rings is 1. The number of methoxy groups -OCH3 is 1. The van der Waals surface area contributed by atoms with Crippen LogP contribution in [0, 0.1) is 0 Å². The second kappa shape index (κ2) is 7.01. The van der Waals surface area contributed by atoms with E-state index < -0.39 is 6.04 Å². The SMILES string of the molecule is CCC[C@H](N)C(=O)NC(C)c1ccccc1OC. The first-order valence-corrected chi connectivity index (χ1v) is 6.29. The monoisotopic (exact) mass is 250 g/mol. The fraction of sp³-hybridized carbons (Fsp3) is 0.500. The predicted molar refractivity (Wildman–Crippen MR) is 72.4 cm³/mol. The van der Waals surface area contributed by atoms with Crippen LogP contribution in [0.1, 0.15) is 38.3 Å². The van der Waals surface area contributed by atoms with E-state index in [2.05, 4.69) is 5.32 Å². The molecule has 0 aliphatic heterocycles. The molecule has 0 saturated carbocycles. The number of hydrogen-bond acceptors (Lipinski definition) is 3. The first-order chi connectivity index (χ1) is 8.60. The molecule has 0 heterocycles. The van der Waals surface area contributed by atoms with E-state index in [1.54, 1.807) is 7.11 Å². The van der Waals surface area contributed by atoms with E-state index in [-0.39, 0.29) is 11.9 Å². The molecule has 0 spiro atoms. The van der Waals surface area contributed by atoms with E-state index in [0.29, 0.717) is 6.42 Å². The second-order valence-electron chi connectivity index (χ2n) is 4.37. The van der Waals surface area contributed by atoms with E-state index in [1.165, 1.54) is 0 Å². The largest absolute Gasteiger partial charge is 0.496 e. The van der Waals surface area contributed by atoms with Crippen LogP contribution in [0.5, 0.6) is 5.75 Å². The summed E-state index contributed by atoms with van der Waals surface area (Å²) in [6.07, 6.45) is 1.60. The summed E-state index contributed by atoms with van der Waals surface area (Å²) < 4.78 is 5.27. The van der Waals surface area contributed by atoms with Gasteiger partial charge in [-0.3, -0.25) is 4.79 Å². The zero-order chi connectivity index (χ0) is 13.5. The molecule has 1 aromatic carbocycles. The zero-order valence-electron chi connectivity index (χ0n) is 11.3. The van der Waals surface area contributed by atoms with Crippen LogP contribution in [0.4, 0.5) is 0 Å². The molecule has 1 unspecified atom stereocenters. The molecule has 0 bridgehead atoms. The lowest BCUT2D eigenvalue weighted by Gasteiger charge is -2.19. The van der Waals surface area contributed by atoms with E-state index in [1.807, 2.05) is 38.1 Å². The molecular weight excluding hydrogens is 228 g/mol. The Kier molecular flexibility index (Phi) is 5.65. The van der Waals surface area contributed by atoms with E-state index in [9.17, 15) is 4.79 Å². The fourth-order valence-corrected chi connectivity index (χ4v) is 1.86. The Bertz CT molecular complexity index is 393. The smallest absolute Gasteiger partial charge is 0.237 e. The molecule has 0 aliphatic carbocycles. The third-order valence-electron chi connectivity index (χ3n) is 2.90. The molecule has 0 aliphatic rings. The molecule has 4 heteroatoms. The first-order valence-electron chi connectivity index (χ1n) is 6.29. The second-order valence-corrected chi connectivity index (χ2v) is 4.37. The maximum Gasteiger partial charge on any atom is 0.237 e. The van der Waals surface area contributed by atoms with Crippen molar-refractivity contribution < 1.29 is 9.53 Å². The molecule has 0 aromatic heterocycles. The summed E-state index contributed by atoms with van der Waals surface area (Å²) in [5, 5.41) is 2.91. The van der Waals surface area contributed by atoms with Crippen LogP contribution in [0.15, 0.2) is 24.3 Å². The van der Waals surface area contributed by atoms with Gasteiger partial charge in [-0.15, -0.1) is 0 Å². The lowest BCUT2D eigenvalue weighted by Crippen LogP contribution is -2.41. The molecule has 0 radical (unpaired) electrons. The highest BCUT2D eigenvalue weighted by Gasteiger charge is 2.17. The van der Waals surface area contributed by atoms with Crippen molar-refractivity contribution in [3.63, 3.8) is 0 Å². The Hall–Kier alpha value is -1.55. The Labute approximate surface area is 109 Å². The molecule has 1 aromatic rings. The Morgan fingerprint density at radius 3 is 2.72 bits per heavy atom. The lowest BCUT2D eigenvalue weighted by atomic mass is 10.1. The maximum absolute atomic E-state index is 11.8. The van der Waals surface area contributed by atoms with Crippen LogP contribution < -0.4 is 15.8 Å². The zero-order valence-corrected chi connectivity index (χ0v) is 11.3. The minimum atomic E-state index is -0.438. The number of ether oxygens (including phenoxy) is 1. The Morgan fingerprint density at radius 1 is 1.44 bits per heavy atom. The van der Waals surface area contributed by atoms with Crippen molar-refractivity contribution >= 4 is 5.91 Å². The third kappa shape index (κ3) is 3.74. The summed E-state index contributed by atoms with van der Waals surface area (Å²) in [5.41, 5.74) is 6.74. The number of nitrogens with two attached hydrogens (primary N) is 1. The maximum atomic E-state index is 11.8. The molecule has 0 saturated heterocycles. The highest BCUT2D eigenvalue weighted by atomic mass is 16.5. The van der Waals surface area contributed by atoms with Gasteiger partial charge in [-0.25, -0.2) is 0 Å². The standard InChI is InChI=1S/C14H22N2O2/c1-4-7-12(15)14(17)16-10(2)11-8-5-6-9-13(11)18-3/h5-6,8-10,12H,4,7,15H2,1-3H3,(H,16,17)/t10?,12-/m0/s1. The number of nitrogens with one attached hydrogen (secondary N) is 1. The van der Waals surface area contributed by atoms with Crippen molar-refractivity contribution in [1.82, 2.24) is 5.32 Å². The average molecular weight is 250 g/mol. The summed E-state index contributed by atoms with van der Waals surface area (Å²) in [5.74, 6) is 0.657. The van der Waals surface area contributed by atoms with Crippen molar-refractivity contribution in [1.29, 1.82) is 0 Å². The van der Waals surface area contributed by atoms with Gasteiger partial charge in [0.2, 0.25) is 5.91 Å². The van der Waals surface area contributed by atoms with E-state index in [4.69, 9.17) is 10.5 Å². The summed E-state index contributed by atoms with van der Waals surface area (Å²) >= 11 is 0. The topological polar surface area (TPSA) is 64.4 Å². The summed E-state index contributed by atoms with van der Waals surface area (Å²) in [6.45, 7) is 3.94. The van der Waals surface area contributed by atoms with Gasteiger partial charge >= 0.3 is 0 Å². The highest BCUT2D eigenvalue weighted by molar-refractivity contribution is 5.81. The van der Waals surface area contributed by atoms with E-state index in [0.717, 1.165) is 17.7 Å². The van der Waals surface area contributed by atoms with Gasteiger partial charge in [0.15, 0.2) is 0 Å². The number of amides is 1. The lowest BCUT2D eigenvalue weighted by molar-refractivity contribution is -0.123. The van der Waals surface area contributed by atoms with Crippen LogP contribution in [-0.4, -0.2) is 19.1 Å². The summed E-state index contributed by atoms with van der Waals surface area (Å²) in [6, 6.07) is 7.09. The number of hydrogen-bond donors (Lipinski definition) is 2. The van der Waals surface area contributed by atoms with Crippen molar-refractivity contribution in [3.8, 4) is 5.75 Å². The molecule has 3 N–H and O–H groups in total. The van der Waals surface area contributed by atoms with Gasteiger partial charge in [-0.2, -0.15) is 0 Å². The van der Waals surface area contributed by atoms with Crippen molar-refractivity contribution in [2.45, 2.75) is 38.8 Å². The van der Waals surface area contributed by atoms with Gasteiger partial charge in [0.05, 0.1) is 19.2 Å². The highest BCUT2D eigenvalue weighted by Crippen LogP contribution is 2.24. The Morgan fingerprint density at radius 2 is 2.11 bits per heavy atom. The molecule has 0 fully saturated rings. The molecular formula is C14H22N2O2. The predicted octanol–water partition coefficient (Wildman–Crippen LogP) is 2.00. The van der Waals surface area contributed by atoms with Crippen LogP contribution in [0.2, 0.25) is 0 Å². The number of carbonyl (C=O) groups excluding carboxylic acids is 1. The van der Waals surface area contributed by atoms with Gasteiger partial charge < -0.3 is 15.8 Å². The van der Waals surface area contributed by atoms with Gasteiger partial charge in [-0.05, 0) is 19.4 Å². The van der Waals surface area contributed by atoms with Crippen LogP contribution in [0.3, 0.4) is 0 Å². The van der Waals surface area contributed by atoms with Crippen LogP contribution in [-0.2, 0) is 4.79 Å². The average Bonchev–Trinajstić information content (AvgIpc) is 2.38. The normalized spacial score (nSPS) is 13.8. The first kappa shape index (κ1) is 14.5. The van der Waals surface area contributed by atoms with Crippen molar-refractivity contribution in [2.24, 2.45) is 5.73 Å². The van der Waals surface area contributed by atoms with Crippen LogP contribution >= 0.6 is 0 Å². The molecule has 1 rings (SSSR count). The quantitative estimate of drug-likeness (QED) is 0.811. The Balaban J connectivity index is 2.70. The van der Waals surface area contributed by atoms with E-state index >= 15 is 0 Å². The van der Waals surface area contributed by atoms with Crippen molar-refractivity contribution in [3.05, 3.63) is 29.8 Å². The fourth-order valence-electron chi connectivity index (χ4n) is 1.86. The number of carbonyl (C=O) groups is 1. The van der Waals surface area contributed by atoms with Crippen LogP contribution in [0.25, 0.3) is 0 Å². The number of rotatable bonds is 6. The molecule has 2 atom stereocenters. The molecule has 100 valence electrons. The van der Waals surface area contributed by atoms with Gasteiger partial charge in [-0.1, -0.05) is 31.5 Å². The van der Waals surface area contributed by atoms with Crippen molar-refractivity contribution in [2.75, 3.05) is 7.11 Å². The number of para-hydroxylation sites is 1. The summed E-state index contributed by atoms with van der Waals surface area (Å²) in [7, 11) is 1.62. The molecule has 4 nitrogen and oxygen atoms in total. The minimum Gasteiger partial charge on any atom is -0.496 e. The minimum absolute atomic E-state index is 0.114. The van der Waals surface area contributed by atoms with Gasteiger partial charge in [0, 0.05) is 5.56 Å². The summed E-state index contributed by atoms with van der Waals surface area (Å²) in [4.78, 5) is 11.8. The molecule has 18 heavy (non-hydrogen) atoms. The van der Waals surface area contributed by atoms with Gasteiger partial charge in [0.25, 0.3) is 0 Å².